The predicted molar refractivity (Wildman–Crippen MR) is 74.1 cm³/mol. The summed E-state index contributed by atoms with van der Waals surface area (Å²) in [4.78, 5) is 0. The maximum atomic E-state index is 5.68. The van der Waals surface area contributed by atoms with E-state index in [1.807, 2.05) is 0 Å². The Kier molecular flexibility index (Phi) is 5.29. The fourth-order valence-corrected chi connectivity index (χ4v) is 2.05. The second kappa shape index (κ2) is 6.27. The number of nitrogens with one attached hydrogen (secondary N) is 1. The molecule has 3 heteroatoms. The summed E-state index contributed by atoms with van der Waals surface area (Å²) in [6.45, 7) is 7.39. The topological polar surface area (TPSA) is 21.3 Å². The van der Waals surface area contributed by atoms with E-state index in [-0.39, 0.29) is 5.41 Å². The SMILES string of the molecule is CCc1ccc(OC)c(C(C)(C)CNCCl)c1. The van der Waals surface area contributed by atoms with Gasteiger partial charge in [-0.3, -0.25) is 0 Å². The lowest BCUT2D eigenvalue weighted by molar-refractivity contribution is 0.388. The van der Waals surface area contributed by atoms with Gasteiger partial charge in [-0.1, -0.05) is 32.9 Å². The highest BCUT2D eigenvalue weighted by molar-refractivity contribution is 6.17. The number of aryl methyl sites for hydroxylation is 1. The van der Waals surface area contributed by atoms with Crippen LogP contribution in [0.25, 0.3) is 0 Å². The zero-order valence-electron chi connectivity index (χ0n) is 11.1. The van der Waals surface area contributed by atoms with Crippen molar-refractivity contribution in [3.05, 3.63) is 29.3 Å². The van der Waals surface area contributed by atoms with E-state index in [4.69, 9.17) is 16.3 Å². The summed E-state index contributed by atoms with van der Waals surface area (Å²) in [5, 5.41) is 3.19. The average molecular weight is 256 g/mol. The number of alkyl halides is 1. The van der Waals surface area contributed by atoms with Crippen LogP contribution in [0.1, 0.15) is 31.9 Å². The van der Waals surface area contributed by atoms with Crippen molar-refractivity contribution in [3.8, 4) is 5.75 Å². The van der Waals surface area contributed by atoms with Gasteiger partial charge in [-0.25, -0.2) is 0 Å². The van der Waals surface area contributed by atoms with Crippen molar-refractivity contribution in [1.82, 2.24) is 5.32 Å². The number of rotatable bonds is 6. The smallest absolute Gasteiger partial charge is 0.122 e. The summed E-state index contributed by atoms with van der Waals surface area (Å²) < 4.78 is 5.45. The van der Waals surface area contributed by atoms with E-state index < -0.39 is 0 Å². The molecule has 1 aromatic rings. The van der Waals surface area contributed by atoms with Crippen LogP contribution in [-0.2, 0) is 11.8 Å². The molecule has 0 amide bonds. The zero-order chi connectivity index (χ0) is 12.9. The molecule has 17 heavy (non-hydrogen) atoms. The van der Waals surface area contributed by atoms with Crippen molar-refractivity contribution >= 4 is 11.6 Å². The van der Waals surface area contributed by atoms with Gasteiger partial charge in [-0.2, -0.15) is 0 Å². The van der Waals surface area contributed by atoms with Crippen LogP contribution in [-0.4, -0.2) is 19.7 Å². The van der Waals surface area contributed by atoms with E-state index in [1.54, 1.807) is 7.11 Å². The molecule has 0 radical (unpaired) electrons. The van der Waals surface area contributed by atoms with Crippen LogP contribution in [0, 0.1) is 0 Å². The minimum absolute atomic E-state index is 0.00537. The van der Waals surface area contributed by atoms with Gasteiger partial charge in [0.1, 0.15) is 5.75 Å². The third kappa shape index (κ3) is 3.62. The second-order valence-corrected chi connectivity index (χ2v) is 5.10. The third-order valence-corrected chi connectivity index (χ3v) is 3.25. The molecule has 0 spiro atoms. The van der Waals surface area contributed by atoms with Crippen molar-refractivity contribution in [2.75, 3.05) is 19.7 Å². The summed E-state index contributed by atoms with van der Waals surface area (Å²) in [7, 11) is 1.72. The van der Waals surface area contributed by atoms with Gasteiger partial charge >= 0.3 is 0 Å². The van der Waals surface area contributed by atoms with E-state index in [2.05, 4.69) is 44.3 Å². The summed E-state index contributed by atoms with van der Waals surface area (Å²) in [5.74, 6) is 0.948. The highest BCUT2D eigenvalue weighted by Crippen LogP contribution is 2.32. The Morgan fingerprint density at radius 2 is 2.06 bits per heavy atom. The number of halogens is 1. The molecule has 2 nitrogen and oxygen atoms in total. The van der Waals surface area contributed by atoms with Crippen molar-refractivity contribution in [1.29, 1.82) is 0 Å². The van der Waals surface area contributed by atoms with Crippen LogP contribution in [0.3, 0.4) is 0 Å². The van der Waals surface area contributed by atoms with Gasteiger partial charge in [0.05, 0.1) is 13.1 Å². The highest BCUT2D eigenvalue weighted by atomic mass is 35.5. The first-order chi connectivity index (χ1) is 8.05. The average Bonchev–Trinajstić information content (AvgIpc) is 2.35. The summed E-state index contributed by atoms with van der Waals surface area (Å²) >= 11 is 5.68. The Hall–Kier alpha value is -0.730. The van der Waals surface area contributed by atoms with Crippen LogP contribution in [0.4, 0.5) is 0 Å². The molecule has 1 aromatic carbocycles. The third-order valence-electron chi connectivity index (χ3n) is 3.06. The van der Waals surface area contributed by atoms with Gasteiger partial charge in [-0.05, 0) is 18.1 Å². The highest BCUT2D eigenvalue weighted by Gasteiger charge is 2.24. The van der Waals surface area contributed by atoms with Gasteiger partial charge in [0.15, 0.2) is 0 Å². The second-order valence-electron chi connectivity index (χ2n) is 4.83. The lowest BCUT2D eigenvalue weighted by Crippen LogP contribution is -2.32. The molecule has 1 N–H and O–H groups in total. The summed E-state index contributed by atoms with van der Waals surface area (Å²) in [5.41, 5.74) is 2.57. The van der Waals surface area contributed by atoms with E-state index in [1.165, 1.54) is 11.1 Å². The van der Waals surface area contributed by atoms with Gasteiger partial charge in [0.2, 0.25) is 0 Å². The zero-order valence-corrected chi connectivity index (χ0v) is 11.9. The molecule has 0 atom stereocenters. The minimum atomic E-state index is 0.00537. The molecular weight excluding hydrogens is 234 g/mol. The Labute approximate surface area is 109 Å². The van der Waals surface area contributed by atoms with Crippen molar-refractivity contribution in [2.45, 2.75) is 32.6 Å². The predicted octanol–water partition coefficient (Wildman–Crippen LogP) is 3.32. The quantitative estimate of drug-likeness (QED) is 0.622. The van der Waals surface area contributed by atoms with Gasteiger partial charge < -0.3 is 10.1 Å². The molecule has 0 saturated heterocycles. The standard InChI is InChI=1S/C14H22ClNO/c1-5-11-6-7-13(17-4)12(8-11)14(2,3)9-16-10-15/h6-8,16H,5,9-10H2,1-4H3. The first kappa shape index (κ1) is 14.3. The summed E-state index contributed by atoms with van der Waals surface area (Å²) in [6, 6.07) is 6.87. The molecule has 0 unspecified atom stereocenters. The molecule has 0 aliphatic rings. The van der Waals surface area contributed by atoms with Crippen LogP contribution in [0.2, 0.25) is 0 Å². The normalized spacial score (nSPS) is 11.6. The monoisotopic (exact) mass is 255 g/mol. The number of methoxy groups -OCH3 is 1. The largest absolute Gasteiger partial charge is 0.496 e. The summed E-state index contributed by atoms with van der Waals surface area (Å²) in [6.07, 6.45) is 1.04. The maximum Gasteiger partial charge on any atom is 0.122 e. The van der Waals surface area contributed by atoms with E-state index in [9.17, 15) is 0 Å². The molecule has 0 bridgehead atoms. The first-order valence-corrected chi connectivity index (χ1v) is 6.52. The van der Waals surface area contributed by atoms with Crippen LogP contribution in [0.5, 0.6) is 5.75 Å². The van der Waals surface area contributed by atoms with Crippen molar-refractivity contribution in [3.63, 3.8) is 0 Å². The van der Waals surface area contributed by atoms with Gasteiger partial charge in [0.25, 0.3) is 0 Å². The van der Waals surface area contributed by atoms with Crippen LogP contribution in [0.15, 0.2) is 18.2 Å². The Balaban J connectivity index is 3.07. The Bertz CT molecular complexity index is 363. The fourth-order valence-electron chi connectivity index (χ4n) is 1.96. The van der Waals surface area contributed by atoms with Gasteiger partial charge in [-0.15, -0.1) is 11.6 Å². The molecule has 96 valence electrons. The Morgan fingerprint density at radius 1 is 1.35 bits per heavy atom. The van der Waals surface area contributed by atoms with Gasteiger partial charge in [0, 0.05) is 17.5 Å². The molecule has 0 aromatic heterocycles. The molecule has 0 aliphatic carbocycles. The van der Waals surface area contributed by atoms with E-state index >= 15 is 0 Å². The first-order valence-electron chi connectivity index (χ1n) is 5.99. The molecule has 0 fully saturated rings. The lowest BCUT2D eigenvalue weighted by Gasteiger charge is -2.27. The van der Waals surface area contributed by atoms with Crippen LogP contribution >= 0.6 is 11.6 Å². The van der Waals surface area contributed by atoms with Crippen LogP contribution < -0.4 is 10.1 Å². The number of hydrogen-bond donors (Lipinski definition) is 1. The fraction of sp³-hybridized carbons (Fsp3) is 0.571. The number of hydrogen-bond acceptors (Lipinski definition) is 2. The Morgan fingerprint density at radius 3 is 2.59 bits per heavy atom. The maximum absolute atomic E-state index is 5.68. The minimum Gasteiger partial charge on any atom is -0.496 e. The van der Waals surface area contributed by atoms with Crippen molar-refractivity contribution < 1.29 is 4.74 Å². The van der Waals surface area contributed by atoms with E-state index in [0.717, 1.165) is 18.7 Å². The molecular formula is C14H22ClNO. The molecule has 0 heterocycles. The lowest BCUT2D eigenvalue weighted by atomic mass is 9.83. The molecule has 0 saturated carbocycles. The number of benzene rings is 1. The molecule has 0 aliphatic heterocycles. The van der Waals surface area contributed by atoms with Crippen molar-refractivity contribution in [2.24, 2.45) is 0 Å². The molecule has 1 rings (SSSR count). The van der Waals surface area contributed by atoms with E-state index in [0.29, 0.717) is 6.00 Å². The number of ether oxygens (including phenoxy) is 1.